The summed E-state index contributed by atoms with van der Waals surface area (Å²) in [5.41, 5.74) is 2.57. The molecule has 0 atom stereocenters. The zero-order valence-electron chi connectivity index (χ0n) is 12.2. The first-order valence-corrected chi connectivity index (χ1v) is 7.00. The van der Waals surface area contributed by atoms with Crippen LogP contribution in [0, 0.1) is 13.8 Å². The summed E-state index contributed by atoms with van der Waals surface area (Å²) in [5, 5.41) is 2.71. The van der Waals surface area contributed by atoms with Crippen molar-refractivity contribution in [3.63, 3.8) is 0 Å². The van der Waals surface area contributed by atoms with E-state index in [9.17, 15) is 9.59 Å². The van der Waals surface area contributed by atoms with Gasteiger partial charge in [0.05, 0.1) is 11.3 Å². The van der Waals surface area contributed by atoms with Crippen LogP contribution in [0.1, 0.15) is 21.5 Å². The van der Waals surface area contributed by atoms with Crippen molar-refractivity contribution in [3.8, 4) is 0 Å². The molecule has 22 heavy (non-hydrogen) atoms. The van der Waals surface area contributed by atoms with Crippen LogP contribution >= 0.6 is 11.6 Å². The lowest BCUT2D eigenvalue weighted by atomic mass is 10.1. The maximum Gasteiger partial charge on any atom is 0.338 e. The fourth-order valence-electron chi connectivity index (χ4n) is 1.83. The second-order valence-corrected chi connectivity index (χ2v) is 5.14. The highest BCUT2D eigenvalue weighted by Crippen LogP contribution is 2.17. The van der Waals surface area contributed by atoms with E-state index in [1.807, 2.05) is 26.0 Å². The van der Waals surface area contributed by atoms with Crippen molar-refractivity contribution in [1.29, 1.82) is 0 Å². The molecular formula is C16H15ClN2O3. The molecule has 1 heterocycles. The Balaban J connectivity index is 1.95. The van der Waals surface area contributed by atoms with Crippen LogP contribution < -0.4 is 5.32 Å². The zero-order chi connectivity index (χ0) is 16.1. The first kappa shape index (κ1) is 16.0. The second-order valence-electron chi connectivity index (χ2n) is 4.78. The minimum Gasteiger partial charge on any atom is -0.452 e. The van der Waals surface area contributed by atoms with Gasteiger partial charge in [-0.05, 0) is 37.6 Å². The number of carbonyl (C=O) groups is 2. The van der Waals surface area contributed by atoms with Crippen molar-refractivity contribution in [2.45, 2.75) is 13.8 Å². The molecule has 0 saturated heterocycles. The number of benzene rings is 1. The van der Waals surface area contributed by atoms with Crippen LogP contribution in [0.15, 0.2) is 36.5 Å². The van der Waals surface area contributed by atoms with E-state index in [1.54, 1.807) is 18.2 Å². The highest BCUT2D eigenvalue weighted by molar-refractivity contribution is 6.32. The number of aryl methyl sites for hydroxylation is 2. The van der Waals surface area contributed by atoms with E-state index < -0.39 is 18.5 Å². The quantitative estimate of drug-likeness (QED) is 0.694. The molecule has 6 heteroatoms. The third-order valence-corrected chi connectivity index (χ3v) is 3.28. The molecule has 0 saturated carbocycles. The van der Waals surface area contributed by atoms with E-state index in [0.29, 0.717) is 11.3 Å². The molecule has 1 amide bonds. The van der Waals surface area contributed by atoms with E-state index in [2.05, 4.69) is 10.3 Å². The molecule has 0 spiro atoms. The van der Waals surface area contributed by atoms with Gasteiger partial charge in [0.15, 0.2) is 11.8 Å². The normalized spacial score (nSPS) is 10.1. The number of hydrogen-bond donors (Lipinski definition) is 1. The predicted octanol–water partition coefficient (Wildman–Crippen LogP) is 3.15. The summed E-state index contributed by atoms with van der Waals surface area (Å²) in [4.78, 5) is 27.6. The summed E-state index contributed by atoms with van der Waals surface area (Å²) in [6.07, 6.45) is 1.51. The van der Waals surface area contributed by atoms with E-state index in [0.717, 1.165) is 11.1 Å². The van der Waals surface area contributed by atoms with Crippen molar-refractivity contribution in [2.75, 3.05) is 11.9 Å². The Kier molecular flexibility index (Phi) is 5.12. The van der Waals surface area contributed by atoms with Crippen molar-refractivity contribution in [1.82, 2.24) is 4.98 Å². The smallest absolute Gasteiger partial charge is 0.338 e. The highest BCUT2D eigenvalue weighted by Gasteiger charge is 2.13. The Hall–Kier alpha value is -2.40. The lowest BCUT2D eigenvalue weighted by Gasteiger charge is -2.09. The number of aromatic nitrogens is 1. The molecule has 1 N–H and O–H groups in total. The van der Waals surface area contributed by atoms with Crippen molar-refractivity contribution >= 4 is 29.2 Å². The number of pyridine rings is 1. The minimum absolute atomic E-state index is 0.178. The molecule has 1 aromatic carbocycles. The number of rotatable bonds is 4. The van der Waals surface area contributed by atoms with Gasteiger partial charge in [0.25, 0.3) is 5.91 Å². The van der Waals surface area contributed by atoms with Crippen LogP contribution in [-0.2, 0) is 9.53 Å². The molecule has 0 aliphatic rings. The maximum absolute atomic E-state index is 12.0. The number of ether oxygens (including phenoxy) is 1. The molecule has 114 valence electrons. The first-order valence-electron chi connectivity index (χ1n) is 6.62. The molecule has 1 aromatic heterocycles. The lowest BCUT2D eigenvalue weighted by molar-refractivity contribution is -0.119. The van der Waals surface area contributed by atoms with E-state index in [-0.39, 0.29) is 5.15 Å². The molecule has 5 nitrogen and oxygen atoms in total. The number of amides is 1. The molecular weight excluding hydrogens is 304 g/mol. The molecule has 0 unspecified atom stereocenters. The van der Waals surface area contributed by atoms with Gasteiger partial charge in [0, 0.05) is 6.20 Å². The Morgan fingerprint density at radius 3 is 2.77 bits per heavy atom. The van der Waals surface area contributed by atoms with Gasteiger partial charge in [-0.2, -0.15) is 0 Å². The predicted molar refractivity (Wildman–Crippen MR) is 84.1 cm³/mol. The van der Waals surface area contributed by atoms with Crippen molar-refractivity contribution < 1.29 is 14.3 Å². The molecule has 0 radical (unpaired) electrons. The van der Waals surface area contributed by atoms with Gasteiger partial charge in [-0.15, -0.1) is 0 Å². The Labute approximate surface area is 133 Å². The summed E-state index contributed by atoms with van der Waals surface area (Å²) in [6, 6.07) is 8.72. The number of nitrogens with zero attached hydrogens (tertiary/aromatic N) is 1. The maximum atomic E-state index is 12.0. The Morgan fingerprint density at radius 1 is 1.27 bits per heavy atom. The summed E-state index contributed by atoms with van der Waals surface area (Å²) in [7, 11) is 0. The highest BCUT2D eigenvalue weighted by atomic mass is 35.5. The van der Waals surface area contributed by atoms with Crippen LogP contribution in [0.3, 0.4) is 0 Å². The van der Waals surface area contributed by atoms with Gasteiger partial charge >= 0.3 is 5.97 Å². The first-order chi connectivity index (χ1) is 10.5. The largest absolute Gasteiger partial charge is 0.452 e. The molecule has 2 aromatic rings. The fraction of sp³-hybridized carbons (Fsp3) is 0.188. The number of hydrogen-bond acceptors (Lipinski definition) is 4. The number of anilines is 1. The van der Waals surface area contributed by atoms with Gasteiger partial charge in [-0.25, -0.2) is 9.78 Å². The van der Waals surface area contributed by atoms with Gasteiger partial charge in [0.1, 0.15) is 0 Å². The molecule has 0 fully saturated rings. The third-order valence-electron chi connectivity index (χ3n) is 2.98. The van der Waals surface area contributed by atoms with Crippen molar-refractivity contribution in [2.24, 2.45) is 0 Å². The van der Waals surface area contributed by atoms with Gasteiger partial charge in [0.2, 0.25) is 0 Å². The molecule has 2 rings (SSSR count). The number of nitrogens with one attached hydrogen (secondary N) is 1. The van der Waals surface area contributed by atoms with Crippen LogP contribution in [0.25, 0.3) is 0 Å². The summed E-state index contributed by atoms with van der Waals surface area (Å²) < 4.78 is 5.02. The third kappa shape index (κ3) is 4.05. The summed E-state index contributed by atoms with van der Waals surface area (Å²) in [5.74, 6) is -1.01. The minimum atomic E-state index is -0.534. The topological polar surface area (TPSA) is 68.3 Å². The van der Waals surface area contributed by atoms with Crippen LogP contribution in [0.4, 0.5) is 5.69 Å². The second kappa shape index (κ2) is 7.04. The molecule has 0 aliphatic carbocycles. The van der Waals surface area contributed by atoms with Crippen LogP contribution in [0.2, 0.25) is 5.15 Å². The summed E-state index contributed by atoms with van der Waals surface area (Å²) >= 11 is 5.83. The Morgan fingerprint density at radius 2 is 2.05 bits per heavy atom. The van der Waals surface area contributed by atoms with Crippen LogP contribution in [0.5, 0.6) is 0 Å². The lowest BCUT2D eigenvalue weighted by Crippen LogP contribution is -2.21. The van der Waals surface area contributed by atoms with Gasteiger partial charge in [-0.1, -0.05) is 29.3 Å². The summed E-state index contributed by atoms with van der Waals surface area (Å²) in [6.45, 7) is 3.30. The SMILES string of the molecule is Cc1ccc(C)c(C(=O)OCC(=O)Nc2cccnc2Cl)c1. The van der Waals surface area contributed by atoms with Crippen molar-refractivity contribution in [3.05, 3.63) is 58.4 Å². The van der Waals surface area contributed by atoms with Crippen LogP contribution in [-0.4, -0.2) is 23.5 Å². The molecule has 0 aliphatic heterocycles. The average molecular weight is 319 g/mol. The number of esters is 1. The fourth-order valence-corrected chi connectivity index (χ4v) is 2.00. The van der Waals surface area contributed by atoms with E-state index >= 15 is 0 Å². The number of halogens is 1. The Bertz CT molecular complexity index is 716. The average Bonchev–Trinajstić information content (AvgIpc) is 2.49. The monoisotopic (exact) mass is 318 g/mol. The zero-order valence-corrected chi connectivity index (χ0v) is 13.0. The van der Waals surface area contributed by atoms with Gasteiger partial charge < -0.3 is 10.1 Å². The van der Waals surface area contributed by atoms with E-state index in [4.69, 9.17) is 16.3 Å². The standard InChI is InChI=1S/C16H15ClN2O3/c1-10-5-6-11(2)12(8-10)16(21)22-9-14(20)19-13-4-3-7-18-15(13)17/h3-8H,9H2,1-2H3,(H,19,20). The molecule has 0 bridgehead atoms. The van der Waals surface area contributed by atoms with E-state index in [1.165, 1.54) is 6.20 Å². The van der Waals surface area contributed by atoms with Gasteiger partial charge in [-0.3, -0.25) is 4.79 Å². The number of carbonyl (C=O) groups excluding carboxylic acids is 2.